The molecule has 1 aliphatic carbocycles. The normalized spacial score (nSPS) is 23.7. The van der Waals surface area contributed by atoms with Gasteiger partial charge >= 0.3 is 0 Å². The van der Waals surface area contributed by atoms with Crippen LogP contribution in [0.4, 0.5) is 11.4 Å². The molecule has 2 aromatic carbocycles. The van der Waals surface area contributed by atoms with E-state index in [1.165, 1.54) is 0 Å². The summed E-state index contributed by atoms with van der Waals surface area (Å²) in [4.78, 5) is 10.8. The zero-order chi connectivity index (χ0) is 17.7. The van der Waals surface area contributed by atoms with E-state index in [0.717, 1.165) is 23.2 Å². The maximum absolute atomic E-state index is 11.2. The summed E-state index contributed by atoms with van der Waals surface area (Å²) >= 11 is 18.8. The van der Waals surface area contributed by atoms with Crippen LogP contribution in [0.5, 0.6) is 0 Å². The van der Waals surface area contributed by atoms with Crippen molar-refractivity contribution < 1.29 is 4.92 Å². The van der Waals surface area contributed by atoms with Crippen molar-refractivity contribution in [1.29, 1.82) is 0 Å². The molecule has 7 heteroatoms. The highest BCUT2D eigenvalue weighted by Crippen LogP contribution is 2.53. The molecule has 0 radical (unpaired) electrons. The van der Waals surface area contributed by atoms with E-state index in [4.69, 9.17) is 34.8 Å². The maximum Gasteiger partial charge on any atom is 0.288 e. The molecule has 0 aromatic heterocycles. The number of halogens is 3. The fourth-order valence-corrected chi connectivity index (χ4v) is 4.51. The molecule has 1 heterocycles. The van der Waals surface area contributed by atoms with Gasteiger partial charge in [0, 0.05) is 22.6 Å². The number of nitro groups is 1. The number of nitrogens with one attached hydrogen (secondary N) is 1. The SMILES string of the molecule is O=[N+]([O-])c1cc(C2Nc3c(Cl)ccc(Cl)c3C3C=CCC32)ccc1Cl. The summed E-state index contributed by atoms with van der Waals surface area (Å²) in [6, 6.07) is 8.39. The fourth-order valence-electron chi connectivity index (χ4n) is 3.82. The lowest BCUT2D eigenvalue weighted by molar-refractivity contribution is -0.384. The highest BCUT2D eigenvalue weighted by atomic mass is 35.5. The molecular formula is C18H13Cl3N2O2. The lowest BCUT2D eigenvalue weighted by atomic mass is 9.77. The van der Waals surface area contributed by atoms with Crippen molar-refractivity contribution in [2.45, 2.75) is 18.4 Å². The van der Waals surface area contributed by atoms with E-state index < -0.39 is 4.92 Å². The largest absolute Gasteiger partial charge is 0.376 e. The minimum absolute atomic E-state index is 0.0912. The molecule has 1 aliphatic heterocycles. The number of rotatable bonds is 2. The van der Waals surface area contributed by atoms with Crippen LogP contribution in [0.2, 0.25) is 15.1 Å². The standard InChI is InChI=1S/C18H13Cl3N2O2/c19-12-5-4-9(8-15(12)23(24)25)17-11-3-1-2-10(11)16-13(20)6-7-14(21)18(16)22-17/h1-2,4-8,10-11,17,22H,3H2. The quantitative estimate of drug-likeness (QED) is 0.364. The van der Waals surface area contributed by atoms with Crippen LogP contribution >= 0.6 is 34.8 Å². The molecule has 3 unspecified atom stereocenters. The number of benzene rings is 2. The van der Waals surface area contributed by atoms with Crippen molar-refractivity contribution in [1.82, 2.24) is 0 Å². The Bertz CT molecular complexity index is 913. The minimum Gasteiger partial charge on any atom is -0.376 e. The third kappa shape index (κ3) is 2.69. The topological polar surface area (TPSA) is 55.2 Å². The highest BCUT2D eigenvalue weighted by Gasteiger charge is 2.40. The van der Waals surface area contributed by atoms with Gasteiger partial charge in [-0.3, -0.25) is 10.1 Å². The summed E-state index contributed by atoms with van der Waals surface area (Å²) in [6.45, 7) is 0. The predicted octanol–water partition coefficient (Wildman–Crippen LogP) is 6.38. The van der Waals surface area contributed by atoms with Gasteiger partial charge in [0.05, 0.1) is 21.7 Å². The van der Waals surface area contributed by atoms with Crippen LogP contribution < -0.4 is 5.32 Å². The third-order valence-corrected chi connectivity index (χ3v) is 5.91. The van der Waals surface area contributed by atoms with Crippen molar-refractivity contribution in [2.75, 3.05) is 5.32 Å². The summed E-state index contributed by atoms with van der Waals surface area (Å²) in [7, 11) is 0. The van der Waals surface area contributed by atoms with Gasteiger partial charge in [0.2, 0.25) is 0 Å². The number of nitro benzene ring substituents is 1. The van der Waals surface area contributed by atoms with E-state index in [1.54, 1.807) is 24.3 Å². The zero-order valence-electron chi connectivity index (χ0n) is 12.9. The van der Waals surface area contributed by atoms with Crippen molar-refractivity contribution in [3.63, 3.8) is 0 Å². The second-order valence-corrected chi connectivity index (χ2v) is 7.48. The van der Waals surface area contributed by atoms with E-state index in [2.05, 4.69) is 17.5 Å². The van der Waals surface area contributed by atoms with E-state index in [0.29, 0.717) is 10.0 Å². The minimum atomic E-state index is -0.461. The molecule has 0 spiro atoms. The summed E-state index contributed by atoms with van der Waals surface area (Å²) in [5.41, 5.74) is 2.51. The maximum atomic E-state index is 11.2. The summed E-state index contributed by atoms with van der Waals surface area (Å²) in [6.07, 6.45) is 5.13. The van der Waals surface area contributed by atoms with Crippen LogP contribution in [0, 0.1) is 16.0 Å². The first kappa shape index (κ1) is 16.7. The van der Waals surface area contributed by atoms with Gasteiger partial charge in [-0.05, 0) is 36.1 Å². The summed E-state index contributed by atoms with van der Waals surface area (Å²) < 4.78 is 0. The Balaban J connectivity index is 1.84. The molecule has 128 valence electrons. The molecule has 4 nitrogen and oxygen atoms in total. The Hall–Kier alpha value is -1.75. The number of hydrogen-bond acceptors (Lipinski definition) is 3. The molecule has 0 bridgehead atoms. The van der Waals surface area contributed by atoms with Crippen molar-refractivity contribution in [3.05, 3.63) is 78.8 Å². The number of anilines is 1. The molecule has 25 heavy (non-hydrogen) atoms. The fraction of sp³-hybridized carbons (Fsp3) is 0.222. The van der Waals surface area contributed by atoms with E-state index >= 15 is 0 Å². The summed E-state index contributed by atoms with van der Waals surface area (Å²) in [5, 5.41) is 16.1. The third-order valence-electron chi connectivity index (χ3n) is 4.94. The molecule has 0 amide bonds. The van der Waals surface area contributed by atoms with Crippen LogP contribution in [0.25, 0.3) is 0 Å². The second-order valence-electron chi connectivity index (χ2n) is 6.26. The zero-order valence-corrected chi connectivity index (χ0v) is 15.1. The van der Waals surface area contributed by atoms with Gasteiger partial charge in [0.1, 0.15) is 5.02 Å². The monoisotopic (exact) mass is 394 g/mol. The van der Waals surface area contributed by atoms with E-state index in [9.17, 15) is 10.1 Å². The molecule has 0 saturated heterocycles. The van der Waals surface area contributed by atoms with Gasteiger partial charge in [0.15, 0.2) is 0 Å². The van der Waals surface area contributed by atoms with Crippen LogP contribution in [0.1, 0.15) is 29.5 Å². The van der Waals surface area contributed by atoms with Gasteiger partial charge in [-0.25, -0.2) is 0 Å². The molecule has 1 N–H and O–H groups in total. The van der Waals surface area contributed by atoms with E-state index in [1.807, 2.05) is 6.07 Å². The first-order valence-corrected chi connectivity index (χ1v) is 8.95. The molecule has 0 saturated carbocycles. The highest BCUT2D eigenvalue weighted by molar-refractivity contribution is 6.36. The summed E-state index contributed by atoms with van der Waals surface area (Å²) in [5.74, 6) is 0.339. The predicted molar refractivity (Wildman–Crippen MR) is 101 cm³/mol. The lowest BCUT2D eigenvalue weighted by Crippen LogP contribution is -2.29. The van der Waals surface area contributed by atoms with Crippen LogP contribution in [0.15, 0.2) is 42.5 Å². The van der Waals surface area contributed by atoms with Crippen LogP contribution in [-0.4, -0.2) is 4.92 Å². The van der Waals surface area contributed by atoms with Gasteiger partial charge in [-0.1, -0.05) is 53.0 Å². The van der Waals surface area contributed by atoms with Crippen molar-refractivity contribution in [3.8, 4) is 0 Å². The van der Waals surface area contributed by atoms with Gasteiger partial charge in [-0.2, -0.15) is 0 Å². The molecule has 2 aromatic rings. The number of allylic oxidation sites excluding steroid dienone is 2. The molecule has 3 atom stereocenters. The Morgan fingerprint density at radius 1 is 1.08 bits per heavy atom. The van der Waals surface area contributed by atoms with Crippen LogP contribution in [-0.2, 0) is 0 Å². The second kappa shape index (κ2) is 6.20. The molecule has 2 aliphatic rings. The number of hydrogen-bond donors (Lipinski definition) is 1. The average molecular weight is 396 g/mol. The smallest absolute Gasteiger partial charge is 0.288 e. The number of nitrogens with zero attached hydrogens (tertiary/aromatic N) is 1. The van der Waals surface area contributed by atoms with Gasteiger partial charge < -0.3 is 5.32 Å². The Labute approximate surface area is 159 Å². The molecular weight excluding hydrogens is 383 g/mol. The Morgan fingerprint density at radius 3 is 2.56 bits per heavy atom. The van der Waals surface area contributed by atoms with E-state index in [-0.39, 0.29) is 28.6 Å². The van der Waals surface area contributed by atoms with Crippen LogP contribution in [0.3, 0.4) is 0 Å². The van der Waals surface area contributed by atoms with Gasteiger partial charge in [-0.15, -0.1) is 0 Å². The Kier molecular flexibility index (Phi) is 4.14. The first-order valence-electron chi connectivity index (χ1n) is 7.82. The number of fused-ring (bicyclic) bond motifs is 3. The average Bonchev–Trinajstić information content (AvgIpc) is 3.07. The first-order chi connectivity index (χ1) is 12.0. The van der Waals surface area contributed by atoms with Crippen molar-refractivity contribution >= 4 is 46.2 Å². The molecule has 0 fully saturated rings. The van der Waals surface area contributed by atoms with Crippen molar-refractivity contribution in [2.24, 2.45) is 5.92 Å². The lowest BCUT2D eigenvalue weighted by Gasteiger charge is -2.38. The Morgan fingerprint density at radius 2 is 1.80 bits per heavy atom. The van der Waals surface area contributed by atoms with Gasteiger partial charge in [0.25, 0.3) is 5.69 Å². The molecule has 4 rings (SSSR count).